The van der Waals surface area contributed by atoms with Crippen molar-refractivity contribution in [3.63, 3.8) is 0 Å². The van der Waals surface area contributed by atoms with Gasteiger partial charge in [0.2, 0.25) is 5.91 Å². The lowest BCUT2D eigenvalue weighted by atomic mass is 10.1. The van der Waals surface area contributed by atoms with Crippen molar-refractivity contribution in [3.8, 4) is 10.6 Å². The first-order valence-electron chi connectivity index (χ1n) is 11.7. The summed E-state index contributed by atoms with van der Waals surface area (Å²) in [6, 6.07) is 9.89. The second kappa shape index (κ2) is 9.04. The summed E-state index contributed by atoms with van der Waals surface area (Å²) in [4.78, 5) is 35.0. The fourth-order valence-corrected chi connectivity index (χ4v) is 4.90. The summed E-state index contributed by atoms with van der Waals surface area (Å²) in [5.41, 5.74) is 4.59. The number of nitrogens with one attached hydrogen (secondary N) is 3. The molecule has 4 aromatic rings. The maximum Gasteiger partial charge on any atom is 0.261 e. The predicted molar refractivity (Wildman–Crippen MR) is 138 cm³/mol. The molecule has 9 nitrogen and oxygen atoms in total. The van der Waals surface area contributed by atoms with E-state index in [4.69, 9.17) is 4.98 Å². The summed E-state index contributed by atoms with van der Waals surface area (Å²) in [7, 11) is 0. The van der Waals surface area contributed by atoms with Crippen molar-refractivity contribution < 1.29 is 9.59 Å². The molecule has 10 heteroatoms. The number of hydrogen-bond donors (Lipinski definition) is 3. The maximum atomic E-state index is 12.7. The van der Waals surface area contributed by atoms with Gasteiger partial charge in [-0.3, -0.25) is 14.6 Å². The largest absolute Gasteiger partial charge is 0.367 e. The zero-order chi connectivity index (χ0) is 24.6. The Morgan fingerprint density at radius 1 is 1.28 bits per heavy atom. The minimum absolute atomic E-state index is 0.0691. The van der Waals surface area contributed by atoms with Crippen molar-refractivity contribution in [1.29, 1.82) is 0 Å². The predicted octanol–water partition coefficient (Wildman–Crippen LogP) is 3.77. The molecule has 180 valence electrons. The highest BCUT2D eigenvalue weighted by Crippen LogP contribution is 2.33. The quantitative estimate of drug-likeness (QED) is 0.358. The Bertz CT molecular complexity index is 1530. The van der Waals surface area contributed by atoms with Gasteiger partial charge in [-0.1, -0.05) is 12.6 Å². The molecule has 5 heterocycles. The number of aromatic nitrogens is 4. The molecule has 1 saturated heterocycles. The van der Waals surface area contributed by atoms with Crippen LogP contribution in [-0.2, 0) is 11.3 Å². The van der Waals surface area contributed by atoms with Crippen LogP contribution < -0.4 is 16.0 Å². The molecule has 1 aliphatic carbocycles. The first-order chi connectivity index (χ1) is 17.5. The first kappa shape index (κ1) is 22.2. The van der Waals surface area contributed by atoms with Crippen molar-refractivity contribution >= 4 is 40.7 Å². The molecule has 1 aliphatic heterocycles. The van der Waals surface area contributed by atoms with Crippen LogP contribution in [0.5, 0.6) is 0 Å². The molecule has 0 spiro atoms. The Labute approximate surface area is 211 Å². The maximum absolute atomic E-state index is 12.7. The van der Waals surface area contributed by atoms with Gasteiger partial charge in [-0.15, -0.1) is 11.3 Å². The van der Waals surface area contributed by atoms with Crippen molar-refractivity contribution in [2.75, 3.05) is 5.32 Å². The summed E-state index contributed by atoms with van der Waals surface area (Å²) >= 11 is 1.39. The van der Waals surface area contributed by atoms with E-state index < -0.39 is 0 Å². The lowest BCUT2D eigenvalue weighted by Crippen LogP contribution is -2.21. The minimum atomic E-state index is -0.140. The highest BCUT2D eigenvalue weighted by Gasteiger charge is 2.24. The van der Waals surface area contributed by atoms with E-state index >= 15 is 0 Å². The Morgan fingerprint density at radius 2 is 2.17 bits per heavy atom. The summed E-state index contributed by atoms with van der Waals surface area (Å²) in [6.07, 6.45) is 9.61. The van der Waals surface area contributed by atoms with Crippen molar-refractivity contribution in [3.05, 3.63) is 82.8 Å². The SMILES string of the molecule is C=C1NC(=O)C/C1=C\c1cnn2c(NC3CC3)cc(-c3ccc(C(=O)NCc4cccnc4)s3)nc12. The van der Waals surface area contributed by atoms with E-state index in [0.717, 1.165) is 45.9 Å². The Balaban J connectivity index is 1.32. The molecule has 2 fully saturated rings. The number of thiophene rings is 1. The Hall–Kier alpha value is -4.31. The van der Waals surface area contributed by atoms with Gasteiger partial charge in [0.15, 0.2) is 5.65 Å². The van der Waals surface area contributed by atoms with Crippen LogP contribution in [0.15, 0.2) is 66.8 Å². The molecule has 36 heavy (non-hydrogen) atoms. The molecule has 0 atom stereocenters. The number of carbonyl (C=O) groups excluding carboxylic acids is 2. The van der Waals surface area contributed by atoms with E-state index in [1.165, 1.54) is 11.3 Å². The summed E-state index contributed by atoms with van der Waals surface area (Å²) < 4.78 is 1.79. The monoisotopic (exact) mass is 497 g/mol. The van der Waals surface area contributed by atoms with E-state index in [-0.39, 0.29) is 18.2 Å². The fraction of sp³-hybridized carbons (Fsp3) is 0.192. The van der Waals surface area contributed by atoms with Crippen LogP contribution >= 0.6 is 11.3 Å². The molecule has 3 N–H and O–H groups in total. The van der Waals surface area contributed by atoms with Crippen LogP contribution in [0.4, 0.5) is 5.82 Å². The van der Waals surface area contributed by atoms with Gasteiger partial charge in [0.05, 0.1) is 28.1 Å². The van der Waals surface area contributed by atoms with Gasteiger partial charge >= 0.3 is 0 Å². The summed E-state index contributed by atoms with van der Waals surface area (Å²) in [5.74, 6) is 0.636. The number of allylic oxidation sites excluding steroid dienone is 1. The molecule has 0 aromatic carbocycles. The first-order valence-corrected chi connectivity index (χ1v) is 12.5. The molecule has 2 amide bonds. The van der Waals surface area contributed by atoms with Gasteiger partial charge in [-0.2, -0.15) is 9.61 Å². The number of anilines is 1. The molecule has 0 radical (unpaired) electrons. The van der Waals surface area contributed by atoms with Crippen molar-refractivity contribution in [2.24, 2.45) is 0 Å². The van der Waals surface area contributed by atoms with Crippen molar-refractivity contribution in [1.82, 2.24) is 30.2 Å². The Kier molecular flexibility index (Phi) is 5.57. The lowest BCUT2D eigenvalue weighted by molar-refractivity contribution is -0.118. The average Bonchev–Trinajstić information content (AvgIpc) is 3.25. The molecule has 4 aromatic heterocycles. The third kappa shape index (κ3) is 4.50. The molecular weight excluding hydrogens is 474 g/mol. The number of rotatable bonds is 7. The smallest absolute Gasteiger partial charge is 0.261 e. The van der Waals surface area contributed by atoms with Crippen LogP contribution in [-0.4, -0.2) is 37.4 Å². The number of hydrogen-bond acceptors (Lipinski definition) is 7. The standard InChI is InChI=1S/C26H23N7O2S/c1-15-17(10-24(34)30-15)9-18-14-29-33-23(31-19-4-5-19)11-20(32-25(18)33)21-6-7-22(36-21)26(35)28-13-16-3-2-8-27-12-16/h2-3,6-9,11-12,14,19,31H,1,4-5,10,13H2,(H,28,35)(H,30,34)/b17-9+. The number of fused-ring (bicyclic) bond motifs is 1. The van der Waals surface area contributed by atoms with E-state index in [0.29, 0.717) is 28.8 Å². The molecule has 0 unspecified atom stereocenters. The zero-order valence-corrected chi connectivity index (χ0v) is 20.1. The normalized spacial score (nSPS) is 16.5. The van der Waals surface area contributed by atoms with E-state index in [2.05, 4.69) is 32.6 Å². The van der Waals surface area contributed by atoms with Crippen LogP contribution in [0.25, 0.3) is 22.3 Å². The topological polar surface area (TPSA) is 113 Å². The average molecular weight is 498 g/mol. The van der Waals surface area contributed by atoms with E-state index in [1.807, 2.05) is 36.4 Å². The zero-order valence-electron chi connectivity index (χ0n) is 19.3. The molecule has 6 rings (SSSR count). The van der Waals surface area contributed by atoms with Gasteiger partial charge < -0.3 is 16.0 Å². The highest BCUT2D eigenvalue weighted by atomic mass is 32.1. The highest BCUT2D eigenvalue weighted by molar-refractivity contribution is 7.17. The van der Waals surface area contributed by atoms with Crippen molar-refractivity contribution in [2.45, 2.75) is 31.8 Å². The summed E-state index contributed by atoms with van der Waals surface area (Å²) in [6.45, 7) is 4.34. The molecule has 2 aliphatic rings. The number of amides is 2. The van der Waals surface area contributed by atoms with Gasteiger partial charge in [0.1, 0.15) is 5.82 Å². The van der Waals surface area contributed by atoms with E-state index in [9.17, 15) is 9.59 Å². The number of carbonyl (C=O) groups is 2. The van der Waals surface area contributed by atoms with Gasteiger partial charge in [-0.25, -0.2) is 4.98 Å². The molecular formula is C26H23N7O2S. The van der Waals surface area contributed by atoms with E-state index in [1.54, 1.807) is 23.1 Å². The van der Waals surface area contributed by atoms with Crippen LogP contribution in [0, 0.1) is 0 Å². The summed E-state index contributed by atoms with van der Waals surface area (Å²) in [5, 5.41) is 13.8. The fourth-order valence-electron chi connectivity index (χ4n) is 4.02. The van der Waals surface area contributed by atoms with Crippen LogP contribution in [0.1, 0.15) is 40.1 Å². The number of nitrogens with zero attached hydrogens (tertiary/aromatic N) is 4. The third-order valence-corrected chi connectivity index (χ3v) is 7.15. The Morgan fingerprint density at radius 3 is 2.92 bits per heavy atom. The third-order valence-electron chi connectivity index (χ3n) is 6.05. The second-order valence-corrected chi connectivity index (χ2v) is 9.95. The van der Waals surface area contributed by atoms with Gasteiger partial charge in [0.25, 0.3) is 5.91 Å². The molecule has 0 bridgehead atoms. The lowest BCUT2D eigenvalue weighted by Gasteiger charge is -2.09. The van der Waals surface area contributed by atoms with Crippen LogP contribution in [0.2, 0.25) is 0 Å². The second-order valence-electron chi connectivity index (χ2n) is 8.86. The van der Waals surface area contributed by atoms with Gasteiger partial charge in [0, 0.05) is 42.3 Å². The number of pyridine rings is 1. The minimum Gasteiger partial charge on any atom is -0.367 e. The van der Waals surface area contributed by atoms with Gasteiger partial charge in [-0.05, 0) is 48.3 Å². The van der Waals surface area contributed by atoms with Crippen LogP contribution in [0.3, 0.4) is 0 Å². The molecule has 1 saturated carbocycles.